The van der Waals surface area contributed by atoms with Crippen LogP contribution in [0.2, 0.25) is 10.0 Å². The summed E-state index contributed by atoms with van der Waals surface area (Å²) in [6.45, 7) is 0. The molecule has 0 N–H and O–H groups in total. The summed E-state index contributed by atoms with van der Waals surface area (Å²) in [5.74, 6) is 0.967. The summed E-state index contributed by atoms with van der Waals surface area (Å²) < 4.78 is 2.06. The highest BCUT2D eigenvalue weighted by molar-refractivity contribution is 6.35. The Bertz CT molecular complexity index is 704. The molecule has 2 aromatic heterocycles. The topological polar surface area (TPSA) is 17.3 Å². The van der Waals surface area contributed by atoms with Crippen molar-refractivity contribution >= 4 is 28.7 Å². The van der Waals surface area contributed by atoms with Gasteiger partial charge in [0.25, 0.3) is 0 Å². The van der Waals surface area contributed by atoms with E-state index in [2.05, 4.69) is 9.38 Å². The number of aromatic nitrogens is 2. The van der Waals surface area contributed by atoms with Crippen LogP contribution in [0.4, 0.5) is 0 Å². The summed E-state index contributed by atoms with van der Waals surface area (Å²) in [6.07, 6.45) is 4.55. The van der Waals surface area contributed by atoms with Crippen molar-refractivity contribution in [3.8, 4) is 0 Å². The first-order valence-corrected chi connectivity index (χ1v) is 6.34. The van der Waals surface area contributed by atoms with E-state index >= 15 is 0 Å². The molecule has 90 valence electrons. The molecule has 0 spiro atoms. The van der Waals surface area contributed by atoms with Crippen molar-refractivity contribution in [2.75, 3.05) is 0 Å². The summed E-state index contributed by atoms with van der Waals surface area (Å²) in [4.78, 5) is 4.43. The average molecular weight is 277 g/mol. The van der Waals surface area contributed by atoms with Crippen LogP contribution in [0.25, 0.3) is 5.52 Å². The van der Waals surface area contributed by atoms with Crippen LogP contribution < -0.4 is 0 Å². The molecule has 0 atom stereocenters. The fraction of sp³-hybridized carbons (Fsp3) is 0.0714. The van der Waals surface area contributed by atoms with Gasteiger partial charge in [-0.1, -0.05) is 35.3 Å². The highest BCUT2D eigenvalue weighted by Crippen LogP contribution is 2.23. The van der Waals surface area contributed by atoms with Crippen LogP contribution in [0.15, 0.2) is 48.8 Å². The Hall–Kier alpha value is -1.51. The van der Waals surface area contributed by atoms with E-state index in [0.29, 0.717) is 16.5 Å². The summed E-state index contributed by atoms with van der Waals surface area (Å²) in [6, 6.07) is 11.6. The molecule has 0 aliphatic heterocycles. The smallest absolute Gasteiger partial charge is 0.117 e. The molecule has 0 saturated carbocycles. The Morgan fingerprint density at radius 3 is 2.83 bits per heavy atom. The summed E-state index contributed by atoms with van der Waals surface area (Å²) >= 11 is 12.1. The minimum atomic E-state index is 0.650. The third kappa shape index (κ3) is 2.09. The van der Waals surface area contributed by atoms with E-state index in [1.54, 1.807) is 6.07 Å². The lowest BCUT2D eigenvalue weighted by Gasteiger charge is -2.04. The molecular formula is C14H10Cl2N2. The summed E-state index contributed by atoms with van der Waals surface area (Å²) in [5, 5.41) is 1.33. The maximum absolute atomic E-state index is 6.18. The van der Waals surface area contributed by atoms with Crippen LogP contribution in [-0.2, 0) is 6.42 Å². The maximum Gasteiger partial charge on any atom is 0.117 e. The van der Waals surface area contributed by atoms with Crippen LogP contribution in [0.1, 0.15) is 11.4 Å². The van der Waals surface area contributed by atoms with E-state index in [1.165, 1.54) is 0 Å². The van der Waals surface area contributed by atoms with Gasteiger partial charge in [-0.05, 0) is 29.8 Å². The predicted octanol–water partition coefficient (Wildman–Crippen LogP) is 4.23. The fourth-order valence-corrected chi connectivity index (χ4v) is 2.44. The Balaban J connectivity index is 2.01. The second kappa shape index (κ2) is 4.63. The van der Waals surface area contributed by atoms with Crippen molar-refractivity contribution in [1.82, 2.24) is 9.38 Å². The van der Waals surface area contributed by atoms with Crippen molar-refractivity contribution < 1.29 is 0 Å². The van der Waals surface area contributed by atoms with Gasteiger partial charge in [-0.3, -0.25) is 0 Å². The molecule has 3 rings (SSSR count). The number of halogens is 2. The van der Waals surface area contributed by atoms with Gasteiger partial charge in [-0.2, -0.15) is 0 Å². The Morgan fingerprint density at radius 2 is 2.00 bits per heavy atom. The van der Waals surface area contributed by atoms with Gasteiger partial charge in [0, 0.05) is 22.7 Å². The molecule has 0 amide bonds. The van der Waals surface area contributed by atoms with Crippen LogP contribution in [0.3, 0.4) is 0 Å². The largest absolute Gasteiger partial charge is 0.303 e. The van der Waals surface area contributed by atoms with Gasteiger partial charge in [0.2, 0.25) is 0 Å². The van der Waals surface area contributed by atoms with Crippen LogP contribution in [0, 0.1) is 0 Å². The molecule has 0 aliphatic rings. The molecule has 0 unspecified atom stereocenters. The van der Waals surface area contributed by atoms with Crippen molar-refractivity contribution in [1.29, 1.82) is 0 Å². The molecule has 18 heavy (non-hydrogen) atoms. The maximum atomic E-state index is 6.18. The molecule has 1 aromatic carbocycles. The van der Waals surface area contributed by atoms with Crippen molar-refractivity contribution in [3.63, 3.8) is 0 Å². The molecule has 0 fully saturated rings. The van der Waals surface area contributed by atoms with Gasteiger partial charge >= 0.3 is 0 Å². The standard InChI is InChI=1S/C14H10Cl2N2/c15-11-5-4-10(13(16)8-11)7-14-17-9-12-3-1-2-6-18(12)14/h1-6,8-9H,7H2. The van der Waals surface area contributed by atoms with Crippen LogP contribution >= 0.6 is 23.2 Å². The number of fused-ring (bicyclic) bond motifs is 1. The first kappa shape index (κ1) is 11.6. The average Bonchev–Trinajstić information content (AvgIpc) is 2.76. The number of hydrogen-bond acceptors (Lipinski definition) is 1. The van der Waals surface area contributed by atoms with Crippen molar-refractivity contribution in [3.05, 3.63) is 70.2 Å². The SMILES string of the molecule is Clc1ccc(Cc2ncc3ccccn23)c(Cl)c1. The normalized spacial score (nSPS) is 11.0. The molecule has 2 heterocycles. The molecule has 0 bridgehead atoms. The first-order chi connectivity index (χ1) is 8.74. The van der Waals surface area contributed by atoms with E-state index in [-0.39, 0.29) is 0 Å². The third-order valence-electron chi connectivity index (χ3n) is 2.88. The highest BCUT2D eigenvalue weighted by atomic mass is 35.5. The highest BCUT2D eigenvalue weighted by Gasteiger charge is 2.07. The van der Waals surface area contributed by atoms with Crippen LogP contribution in [-0.4, -0.2) is 9.38 Å². The molecule has 3 aromatic rings. The third-order valence-corrected chi connectivity index (χ3v) is 3.47. The number of hydrogen-bond donors (Lipinski definition) is 0. The number of imidazole rings is 1. The van der Waals surface area contributed by atoms with E-state index in [4.69, 9.17) is 23.2 Å². The minimum Gasteiger partial charge on any atom is -0.303 e. The van der Waals surface area contributed by atoms with Gasteiger partial charge in [0.1, 0.15) is 5.82 Å². The van der Waals surface area contributed by atoms with Gasteiger partial charge in [-0.15, -0.1) is 0 Å². The second-order valence-electron chi connectivity index (χ2n) is 4.08. The number of rotatable bonds is 2. The number of nitrogens with zero attached hydrogens (tertiary/aromatic N) is 2. The molecular weight excluding hydrogens is 267 g/mol. The Morgan fingerprint density at radius 1 is 1.11 bits per heavy atom. The quantitative estimate of drug-likeness (QED) is 0.685. The summed E-state index contributed by atoms with van der Waals surface area (Å²) in [5.41, 5.74) is 2.11. The molecule has 0 saturated heterocycles. The monoisotopic (exact) mass is 276 g/mol. The lowest BCUT2D eigenvalue weighted by Crippen LogP contribution is -1.96. The lowest BCUT2D eigenvalue weighted by atomic mass is 10.1. The van der Waals surface area contributed by atoms with Gasteiger partial charge in [0.15, 0.2) is 0 Å². The van der Waals surface area contributed by atoms with Gasteiger partial charge in [0.05, 0.1) is 11.7 Å². The van der Waals surface area contributed by atoms with E-state index in [1.807, 2.05) is 42.7 Å². The minimum absolute atomic E-state index is 0.650. The molecule has 2 nitrogen and oxygen atoms in total. The predicted molar refractivity (Wildman–Crippen MR) is 74.5 cm³/mol. The molecule has 0 aliphatic carbocycles. The summed E-state index contributed by atoms with van der Waals surface area (Å²) in [7, 11) is 0. The molecule has 0 radical (unpaired) electrons. The Labute approximate surface area is 115 Å². The van der Waals surface area contributed by atoms with E-state index in [0.717, 1.165) is 16.9 Å². The zero-order chi connectivity index (χ0) is 12.5. The lowest BCUT2D eigenvalue weighted by molar-refractivity contribution is 0.962. The molecule has 4 heteroatoms. The Kier molecular flexibility index (Phi) is 2.98. The van der Waals surface area contributed by atoms with E-state index < -0.39 is 0 Å². The van der Waals surface area contributed by atoms with Gasteiger partial charge < -0.3 is 4.40 Å². The van der Waals surface area contributed by atoms with Crippen LogP contribution in [0.5, 0.6) is 0 Å². The second-order valence-corrected chi connectivity index (χ2v) is 4.93. The van der Waals surface area contributed by atoms with E-state index in [9.17, 15) is 0 Å². The first-order valence-electron chi connectivity index (χ1n) is 5.59. The fourth-order valence-electron chi connectivity index (χ4n) is 1.97. The van der Waals surface area contributed by atoms with Crippen molar-refractivity contribution in [2.45, 2.75) is 6.42 Å². The zero-order valence-electron chi connectivity index (χ0n) is 9.48. The number of pyridine rings is 1. The van der Waals surface area contributed by atoms with Crippen molar-refractivity contribution in [2.24, 2.45) is 0 Å². The zero-order valence-corrected chi connectivity index (χ0v) is 11.0. The van der Waals surface area contributed by atoms with Gasteiger partial charge in [-0.25, -0.2) is 4.98 Å². The number of benzene rings is 1.